The Bertz CT molecular complexity index is 951. The van der Waals surface area contributed by atoms with Crippen molar-refractivity contribution in [2.45, 2.75) is 13.3 Å². The molecule has 0 N–H and O–H groups in total. The quantitative estimate of drug-likeness (QED) is 0.554. The number of benzene rings is 3. The molecule has 0 spiro atoms. The minimum absolute atomic E-state index is 0.0636. The second-order valence-corrected chi connectivity index (χ2v) is 5.75. The van der Waals surface area contributed by atoms with Crippen LogP contribution in [0.4, 0.5) is 0 Å². The minimum atomic E-state index is 0.0636. The molecule has 0 aliphatic heterocycles. The molecule has 4 rings (SSSR count). The summed E-state index contributed by atoms with van der Waals surface area (Å²) in [4.78, 5) is 24.3. The molecule has 3 aromatic carbocycles. The number of carbonyl (C=O) groups is 2. The Kier molecular flexibility index (Phi) is 2.73. The Morgan fingerprint density at radius 3 is 2.32 bits per heavy atom. The molecule has 0 saturated heterocycles. The van der Waals surface area contributed by atoms with Crippen molar-refractivity contribution in [1.82, 2.24) is 0 Å². The van der Waals surface area contributed by atoms with E-state index in [0.717, 1.165) is 38.6 Å². The lowest BCUT2D eigenvalue weighted by atomic mass is 9.81. The fourth-order valence-corrected chi connectivity index (χ4v) is 3.36. The lowest BCUT2D eigenvalue weighted by molar-refractivity contribution is -0.116. The van der Waals surface area contributed by atoms with Crippen molar-refractivity contribution in [2.24, 2.45) is 0 Å². The summed E-state index contributed by atoms with van der Waals surface area (Å²) in [5.41, 5.74) is 4.53. The van der Waals surface area contributed by atoms with Crippen molar-refractivity contribution in [2.75, 3.05) is 0 Å². The first-order valence-electron chi connectivity index (χ1n) is 7.35. The van der Waals surface area contributed by atoms with Crippen molar-refractivity contribution >= 4 is 22.3 Å². The second kappa shape index (κ2) is 4.63. The van der Waals surface area contributed by atoms with Crippen LogP contribution in [0.3, 0.4) is 0 Å². The first-order valence-corrected chi connectivity index (χ1v) is 7.35. The SMILES string of the molecule is CC(=O)Cc1ccc2c3c(cccc13)-c1ccccc1C2=O. The molecule has 0 aromatic heterocycles. The molecular formula is C20H14O2. The molecule has 1 aliphatic rings. The molecule has 1 aliphatic carbocycles. The van der Waals surface area contributed by atoms with E-state index < -0.39 is 0 Å². The predicted molar refractivity (Wildman–Crippen MR) is 87.2 cm³/mol. The molecular weight excluding hydrogens is 272 g/mol. The summed E-state index contributed by atoms with van der Waals surface area (Å²) in [6.45, 7) is 1.59. The van der Waals surface area contributed by atoms with Gasteiger partial charge in [0.05, 0.1) is 0 Å². The molecule has 0 amide bonds. The van der Waals surface area contributed by atoms with Gasteiger partial charge in [-0.3, -0.25) is 9.59 Å². The van der Waals surface area contributed by atoms with Gasteiger partial charge in [-0.25, -0.2) is 0 Å². The Labute approximate surface area is 128 Å². The van der Waals surface area contributed by atoms with Crippen LogP contribution in [-0.2, 0) is 11.2 Å². The molecule has 0 heterocycles. The molecule has 2 heteroatoms. The first kappa shape index (κ1) is 13.0. The molecule has 2 nitrogen and oxygen atoms in total. The highest BCUT2D eigenvalue weighted by molar-refractivity contribution is 6.26. The Hall–Kier alpha value is -2.74. The third-order valence-corrected chi connectivity index (χ3v) is 4.28. The van der Waals surface area contributed by atoms with Gasteiger partial charge >= 0.3 is 0 Å². The number of hydrogen-bond acceptors (Lipinski definition) is 2. The maximum atomic E-state index is 12.8. The summed E-state index contributed by atoms with van der Waals surface area (Å²) in [5, 5.41) is 1.98. The third-order valence-electron chi connectivity index (χ3n) is 4.28. The Morgan fingerprint density at radius 2 is 1.55 bits per heavy atom. The van der Waals surface area contributed by atoms with Gasteiger partial charge in [0.15, 0.2) is 5.78 Å². The third kappa shape index (κ3) is 1.74. The molecule has 0 unspecified atom stereocenters. The highest BCUT2D eigenvalue weighted by atomic mass is 16.1. The molecule has 106 valence electrons. The number of carbonyl (C=O) groups excluding carboxylic acids is 2. The van der Waals surface area contributed by atoms with Gasteiger partial charge < -0.3 is 0 Å². The van der Waals surface area contributed by atoms with Crippen LogP contribution in [0, 0.1) is 0 Å². The predicted octanol–water partition coefficient (Wildman–Crippen LogP) is 4.18. The standard InChI is InChI=1S/C20H14O2/c1-12(21)11-13-9-10-18-19-14(13)7-4-8-16(19)15-5-2-3-6-17(15)20(18)22/h2-10H,11H2,1H3. The van der Waals surface area contributed by atoms with E-state index in [-0.39, 0.29) is 11.6 Å². The molecule has 22 heavy (non-hydrogen) atoms. The number of hydrogen-bond donors (Lipinski definition) is 0. The fourth-order valence-electron chi connectivity index (χ4n) is 3.36. The van der Waals surface area contributed by atoms with Gasteiger partial charge in [-0.2, -0.15) is 0 Å². The van der Waals surface area contributed by atoms with Gasteiger partial charge in [-0.15, -0.1) is 0 Å². The summed E-state index contributed by atoms with van der Waals surface area (Å²) < 4.78 is 0. The highest BCUT2D eigenvalue weighted by Gasteiger charge is 2.25. The lowest BCUT2D eigenvalue weighted by Crippen LogP contribution is -2.11. The van der Waals surface area contributed by atoms with Crippen LogP contribution < -0.4 is 0 Å². The Balaban J connectivity index is 2.12. The lowest BCUT2D eigenvalue weighted by Gasteiger charge is -2.21. The number of fused-ring (bicyclic) bond motifs is 2. The second-order valence-electron chi connectivity index (χ2n) is 5.75. The summed E-state index contributed by atoms with van der Waals surface area (Å²) in [5.74, 6) is 0.192. The first-order chi connectivity index (χ1) is 10.7. The highest BCUT2D eigenvalue weighted by Crippen LogP contribution is 2.40. The Morgan fingerprint density at radius 1 is 0.818 bits per heavy atom. The van der Waals surface area contributed by atoms with Crippen molar-refractivity contribution in [1.29, 1.82) is 0 Å². The zero-order valence-corrected chi connectivity index (χ0v) is 12.2. The van der Waals surface area contributed by atoms with Gasteiger partial charge in [0.1, 0.15) is 5.78 Å². The van der Waals surface area contributed by atoms with E-state index in [9.17, 15) is 9.59 Å². The molecule has 0 fully saturated rings. The summed E-state index contributed by atoms with van der Waals surface area (Å²) >= 11 is 0. The topological polar surface area (TPSA) is 34.1 Å². The van der Waals surface area contributed by atoms with Crippen LogP contribution in [0.5, 0.6) is 0 Å². The minimum Gasteiger partial charge on any atom is -0.300 e. The van der Waals surface area contributed by atoms with Gasteiger partial charge in [0.2, 0.25) is 0 Å². The molecule has 3 aromatic rings. The summed E-state index contributed by atoms with van der Waals surface area (Å²) in [7, 11) is 0. The summed E-state index contributed by atoms with van der Waals surface area (Å²) in [6.07, 6.45) is 0.399. The van der Waals surface area contributed by atoms with E-state index in [2.05, 4.69) is 6.07 Å². The average Bonchev–Trinajstić information content (AvgIpc) is 2.53. The fraction of sp³-hybridized carbons (Fsp3) is 0.100. The van der Waals surface area contributed by atoms with E-state index >= 15 is 0 Å². The van der Waals surface area contributed by atoms with Gasteiger partial charge in [0, 0.05) is 22.9 Å². The maximum Gasteiger partial charge on any atom is 0.194 e. The monoisotopic (exact) mass is 286 g/mol. The summed E-state index contributed by atoms with van der Waals surface area (Å²) in [6, 6.07) is 17.5. The molecule has 0 saturated carbocycles. The molecule has 0 atom stereocenters. The van der Waals surface area contributed by atoms with E-state index in [0.29, 0.717) is 6.42 Å². The number of Topliss-reactive ketones (excluding diaryl/α,β-unsaturated/α-hetero) is 1. The van der Waals surface area contributed by atoms with Crippen LogP contribution >= 0.6 is 0 Å². The van der Waals surface area contributed by atoms with Crippen LogP contribution in [-0.4, -0.2) is 11.6 Å². The van der Waals surface area contributed by atoms with Gasteiger partial charge in [-0.1, -0.05) is 54.6 Å². The zero-order chi connectivity index (χ0) is 15.3. The van der Waals surface area contributed by atoms with E-state index in [1.165, 1.54) is 0 Å². The largest absolute Gasteiger partial charge is 0.300 e. The van der Waals surface area contributed by atoms with E-state index in [4.69, 9.17) is 0 Å². The van der Waals surface area contributed by atoms with Crippen LogP contribution in [0.1, 0.15) is 28.4 Å². The average molecular weight is 286 g/mol. The van der Waals surface area contributed by atoms with E-state index in [1.54, 1.807) is 6.92 Å². The smallest absolute Gasteiger partial charge is 0.194 e. The van der Waals surface area contributed by atoms with Crippen LogP contribution in [0.25, 0.3) is 21.9 Å². The van der Waals surface area contributed by atoms with Crippen molar-refractivity contribution in [3.8, 4) is 11.1 Å². The van der Waals surface area contributed by atoms with Crippen molar-refractivity contribution in [3.63, 3.8) is 0 Å². The normalized spacial score (nSPS) is 12.3. The molecule has 0 bridgehead atoms. The zero-order valence-electron chi connectivity index (χ0n) is 12.2. The number of ketones is 2. The van der Waals surface area contributed by atoms with Gasteiger partial charge in [0.25, 0.3) is 0 Å². The maximum absolute atomic E-state index is 12.8. The van der Waals surface area contributed by atoms with Crippen molar-refractivity contribution in [3.05, 3.63) is 71.3 Å². The van der Waals surface area contributed by atoms with E-state index in [1.807, 2.05) is 48.5 Å². The molecule has 0 radical (unpaired) electrons. The van der Waals surface area contributed by atoms with Crippen LogP contribution in [0.15, 0.2) is 54.6 Å². The van der Waals surface area contributed by atoms with Crippen molar-refractivity contribution < 1.29 is 9.59 Å². The van der Waals surface area contributed by atoms with Gasteiger partial charge in [-0.05, 0) is 29.0 Å². The number of rotatable bonds is 2. The van der Waals surface area contributed by atoms with Crippen LogP contribution in [0.2, 0.25) is 0 Å².